The fourth-order valence-electron chi connectivity index (χ4n) is 3.47. The highest BCUT2D eigenvalue weighted by atomic mass is 35.5. The van der Waals surface area contributed by atoms with Crippen molar-refractivity contribution in [1.29, 1.82) is 0 Å². The van der Waals surface area contributed by atoms with Crippen molar-refractivity contribution >= 4 is 23.2 Å². The van der Waals surface area contributed by atoms with Crippen LogP contribution in [0.4, 0.5) is 5.69 Å². The predicted octanol–water partition coefficient (Wildman–Crippen LogP) is 3.94. The first-order chi connectivity index (χ1) is 14.5. The SMILES string of the molecule is COc1ccc(-c2noc(C3CC(=O)N(c4cc(Cl)ccc4OC)C3)n2)cc1OC. The van der Waals surface area contributed by atoms with Crippen LogP contribution in [0.2, 0.25) is 5.02 Å². The van der Waals surface area contributed by atoms with E-state index in [1.54, 1.807) is 56.6 Å². The second-order valence-electron chi connectivity index (χ2n) is 6.75. The summed E-state index contributed by atoms with van der Waals surface area (Å²) in [5.41, 5.74) is 1.34. The Morgan fingerprint density at radius 2 is 1.77 bits per heavy atom. The number of aromatic nitrogens is 2. The maximum atomic E-state index is 12.7. The summed E-state index contributed by atoms with van der Waals surface area (Å²) >= 11 is 6.12. The van der Waals surface area contributed by atoms with Gasteiger partial charge in [0.1, 0.15) is 5.75 Å². The predicted molar refractivity (Wildman–Crippen MR) is 111 cm³/mol. The Kier molecular flexibility index (Phi) is 5.50. The van der Waals surface area contributed by atoms with Crippen LogP contribution in [0.15, 0.2) is 40.9 Å². The lowest BCUT2D eigenvalue weighted by Crippen LogP contribution is -2.24. The smallest absolute Gasteiger partial charge is 0.232 e. The van der Waals surface area contributed by atoms with Crippen molar-refractivity contribution in [3.8, 4) is 28.6 Å². The lowest BCUT2D eigenvalue weighted by Gasteiger charge is -2.19. The molecule has 8 nitrogen and oxygen atoms in total. The molecule has 3 aromatic rings. The topological polar surface area (TPSA) is 86.9 Å². The summed E-state index contributed by atoms with van der Waals surface area (Å²) in [7, 11) is 4.69. The van der Waals surface area contributed by atoms with E-state index < -0.39 is 0 Å². The Morgan fingerprint density at radius 3 is 2.50 bits per heavy atom. The highest BCUT2D eigenvalue weighted by Crippen LogP contribution is 2.38. The summed E-state index contributed by atoms with van der Waals surface area (Å²) in [5, 5.41) is 4.60. The number of amides is 1. The summed E-state index contributed by atoms with van der Waals surface area (Å²) < 4.78 is 21.4. The molecule has 2 heterocycles. The molecule has 0 bridgehead atoms. The third-order valence-corrected chi connectivity index (χ3v) is 5.22. The van der Waals surface area contributed by atoms with Gasteiger partial charge in [-0.05, 0) is 36.4 Å². The van der Waals surface area contributed by atoms with Crippen molar-refractivity contribution < 1.29 is 23.5 Å². The van der Waals surface area contributed by atoms with E-state index in [9.17, 15) is 4.79 Å². The molecule has 0 spiro atoms. The van der Waals surface area contributed by atoms with Gasteiger partial charge >= 0.3 is 0 Å². The zero-order valence-electron chi connectivity index (χ0n) is 16.7. The molecule has 0 N–H and O–H groups in total. The summed E-state index contributed by atoms with van der Waals surface area (Å²) in [6.07, 6.45) is 0.253. The van der Waals surface area contributed by atoms with E-state index in [-0.39, 0.29) is 18.2 Å². The zero-order valence-corrected chi connectivity index (χ0v) is 17.5. The molecule has 30 heavy (non-hydrogen) atoms. The first kappa shape index (κ1) is 20.0. The van der Waals surface area contributed by atoms with E-state index in [1.165, 1.54) is 0 Å². The lowest BCUT2D eigenvalue weighted by atomic mass is 10.1. The molecule has 2 aromatic carbocycles. The van der Waals surface area contributed by atoms with Gasteiger partial charge in [0.05, 0.1) is 32.9 Å². The number of halogens is 1. The van der Waals surface area contributed by atoms with Crippen molar-refractivity contribution in [1.82, 2.24) is 10.1 Å². The number of anilines is 1. The van der Waals surface area contributed by atoms with Gasteiger partial charge in [-0.1, -0.05) is 16.8 Å². The van der Waals surface area contributed by atoms with Gasteiger partial charge in [0.25, 0.3) is 0 Å². The van der Waals surface area contributed by atoms with Gasteiger partial charge < -0.3 is 23.6 Å². The number of nitrogens with zero attached hydrogens (tertiary/aromatic N) is 3. The average Bonchev–Trinajstić information content (AvgIpc) is 3.40. The fraction of sp³-hybridized carbons (Fsp3) is 0.286. The third kappa shape index (κ3) is 3.66. The quantitative estimate of drug-likeness (QED) is 0.586. The zero-order chi connectivity index (χ0) is 21.3. The molecular weight excluding hydrogens is 410 g/mol. The number of benzene rings is 2. The molecule has 1 saturated heterocycles. The average molecular weight is 430 g/mol. The molecule has 4 rings (SSSR count). The van der Waals surface area contributed by atoms with Gasteiger partial charge in [-0.2, -0.15) is 4.98 Å². The van der Waals surface area contributed by atoms with E-state index in [4.69, 9.17) is 30.3 Å². The molecule has 156 valence electrons. The van der Waals surface area contributed by atoms with Gasteiger partial charge in [-0.15, -0.1) is 0 Å². The molecule has 0 radical (unpaired) electrons. The first-order valence-corrected chi connectivity index (χ1v) is 9.61. The van der Waals surface area contributed by atoms with E-state index in [0.29, 0.717) is 46.2 Å². The Labute approximate surface area is 178 Å². The summed E-state index contributed by atoms with van der Waals surface area (Å²) in [5.74, 6) is 2.27. The maximum Gasteiger partial charge on any atom is 0.232 e. The van der Waals surface area contributed by atoms with Crippen LogP contribution in [0.3, 0.4) is 0 Å². The number of rotatable bonds is 6. The van der Waals surface area contributed by atoms with Crippen molar-refractivity contribution in [2.75, 3.05) is 32.8 Å². The minimum Gasteiger partial charge on any atom is -0.495 e. The number of ether oxygens (including phenoxy) is 3. The third-order valence-electron chi connectivity index (χ3n) is 4.99. The summed E-state index contributed by atoms with van der Waals surface area (Å²) in [6.45, 7) is 0.392. The molecule has 1 atom stereocenters. The Balaban J connectivity index is 1.58. The summed E-state index contributed by atoms with van der Waals surface area (Å²) in [4.78, 5) is 18.8. The Bertz CT molecular complexity index is 1080. The molecule has 9 heteroatoms. The molecule has 1 aliphatic heterocycles. The molecule has 1 unspecified atom stereocenters. The molecular formula is C21H20ClN3O5. The van der Waals surface area contributed by atoms with E-state index >= 15 is 0 Å². The van der Waals surface area contributed by atoms with Crippen LogP contribution < -0.4 is 19.1 Å². The number of hydrogen-bond donors (Lipinski definition) is 0. The van der Waals surface area contributed by atoms with Crippen LogP contribution >= 0.6 is 11.6 Å². The van der Waals surface area contributed by atoms with Gasteiger partial charge in [0.2, 0.25) is 17.6 Å². The highest BCUT2D eigenvalue weighted by molar-refractivity contribution is 6.31. The normalized spacial score (nSPS) is 16.1. The summed E-state index contributed by atoms with van der Waals surface area (Å²) in [6, 6.07) is 10.5. The maximum absolute atomic E-state index is 12.7. The minimum atomic E-state index is -0.234. The van der Waals surface area contributed by atoms with Crippen LogP contribution in [0.1, 0.15) is 18.2 Å². The molecule has 1 fully saturated rings. The standard InChI is InChI=1S/C21H20ClN3O5/c1-27-16-7-5-14(22)10-15(16)25-11-13(9-19(25)26)21-23-20(24-30-21)12-4-6-17(28-2)18(8-12)29-3/h4-8,10,13H,9,11H2,1-3H3. The van der Waals surface area contributed by atoms with Crippen molar-refractivity contribution in [3.05, 3.63) is 47.3 Å². The number of carbonyl (C=O) groups excluding carboxylic acids is 1. The van der Waals surface area contributed by atoms with Gasteiger partial charge in [0.15, 0.2) is 11.5 Å². The fourth-order valence-corrected chi connectivity index (χ4v) is 3.64. The van der Waals surface area contributed by atoms with Gasteiger partial charge in [-0.3, -0.25) is 4.79 Å². The number of hydrogen-bond acceptors (Lipinski definition) is 7. The van der Waals surface area contributed by atoms with E-state index in [1.807, 2.05) is 6.07 Å². The van der Waals surface area contributed by atoms with Crippen LogP contribution in [0.25, 0.3) is 11.4 Å². The molecule has 0 saturated carbocycles. The minimum absolute atomic E-state index is 0.0635. The second kappa shape index (κ2) is 8.23. The second-order valence-corrected chi connectivity index (χ2v) is 7.18. The van der Waals surface area contributed by atoms with Crippen LogP contribution in [-0.4, -0.2) is 43.9 Å². The molecule has 0 aliphatic carbocycles. The van der Waals surface area contributed by atoms with Crippen molar-refractivity contribution in [2.45, 2.75) is 12.3 Å². The number of carbonyl (C=O) groups is 1. The first-order valence-electron chi connectivity index (χ1n) is 9.24. The lowest BCUT2D eigenvalue weighted by molar-refractivity contribution is -0.117. The monoisotopic (exact) mass is 429 g/mol. The Hall–Kier alpha value is -3.26. The highest BCUT2D eigenvalue weighted by Gasteiger charge is 2.36. The Morgan fingerprint density at radius 1 is 1.03 bits per heavy atom. The van der Waals surface area contributed by atoms with Crippen LogP contribution in [0, 0.1) is 0 Å². The van der Waals surface area contributed by atoms with Crippen molar-refractivity contribution in [3.63, 3.8) is 0 Å². The molecule has 1 aliphatic rings. The van der Waals surface area contributed by atoms with Crippen molar-refractivity contribution in [2.24, 2.45) is 0 Å². The van der Waals surface area contributed by atoms with Crippen LogP contribution in [0.5, 0.6) is 17.2 Å². The van der Waals surface area contributed by atoms with Gasteiger partial charge in [0, 0.05) is 23.6 Å². The van der Waals surface area contributed by atoms with E-state index in [0.717, 1.165) is 5.56 Å². The molecule has 1 aromatic heterocycles. The number of methoxy groups -OCH3 is 3. The van der Waals surface area contributed by atoms with Gasteiger partial charge in [-0.25, -0.2) is 0 Å². The van der Waals surface area contributed by atoms with E-state index in [2.05, 4.69) is 10.1 Å². The largest absolute Gasteiger partial charge is 0.495 e. The molecule has 1 amide bonds. The van der Waals surface area contributed by atoms with Crippen LogP contribution in [-0.2, 0) is 4.79 Å².